The maximum Gasteiger partial charge on any atom is 0.272 e. The fourth-order valence-electron chi connectivity index (χ4n) is 4.01. The molecule has 3 heterocycles. The van der Waals surface area contributed by atoms with Gasteiger partial charge >= 0.3 is 0 Å². The molecule has 1 amide bonds. The maximum atomic E-state index is 12.8. The Morgan fingerprint density at radius 3 is 2.65 bits per heavy atom. The standard InChI is InChI=1S/C19H22N4O2S/c24-16-10-14(20-17(22-16)11-4-5-11)19(25)23-8-6-12(7-9-23)18-21-13-2-1-3-15(13)26-18/h10-12H,1-9H2,(H,20,22,24). The van der Waals surface area contributed by atoms with E-state index in [-0.39, 0.29) is 11.5 Å². The second kappa shape index (κ2) is 6.30. The number of rotatable bonds is 3. The summed E-state index contributed by atoms with van der Waals surface area (Å²) in [6.07, 6.45) is 7.52. The summed E-state index contributed by atoms with van der Waals surface area (Å²) in [7, 11) is 0. The number of carbonyl (C=O) groups is 1. The van der Waals surface area contributed by atoms with E-state index in [9.17, 15) is 9.59 Å². The summed E-state index contributed by atoms with van der Waals surface area (Å²) < 4.78 is 0. The van der Waals surface area contributed by atoms with E-state index >= 15 is 0 Å². The third-order valence-corrected chi connectivity index (χ3v) is 7.01. The Morgan fingerprint density at radius 1 is 1.12 bits per heavy atom. The number of piperidine rings is 1. The van der Waals surface area contributed by atoms with Crippen molar-refractivity contribution in [3.63, 3.8) is 0 Å². The maximum absolute atomic E-state index is 12.8. The van der Waals surface area contributed by atoms with Crippen LogP contribution in [0.1, 0.15) is 75.8 Å². The van der Waals surface area contributed by atoms with Crippen molar-refractivity contribution in [1.82, 2.24) is 19.9 Å². The fraction of sp³-hybridized carbons (Fsp3) is 0.579. The van der Waals surface area contributed by atoms with Gasteiger partial charge in [0, 0.05) is 35.9 Å². The highest BCUT2D eigenvalue weighted by Crippen LogP contribution is 2.38. The topological polar surface area (TPSA) is 79.0 Å². The Bertz CT molecular complexity index is 885. The SMILES string of the molecule is O=C(c1cc(=O)[nH]c(C2CC2)n1)N1CCC(c2nc3c(s2)CCC3)CC1. The van der Waals surface area contributed by atoms with Gasteiger partial charge in [0.25, 0.3) is 11.5 Å². The average molecular weight is 370 g/mol. The normalized spacial score (nSPS) is 20.4. The zero-order valence-corrected chi connectivity index (χ0v) is 15.5. The molecule has 2 fully saturated rings. The highest BCUT2D eigenvalue weighted by atomic mass is 32.1. The first kappa shape index (κ1) is 16.2. The molecule has 0 unspecified atom stereocenters. The van der Waals surface area contributed by atoms with Gasteiger partial charge in [-0.3, -0.25) is 9.59 Å². The number of hydrogen-bond acceptors (Lipinski definition) is 5. The molecule has 7 heteroatoms. The summed E-state index contributed by atoms with van der Waals surface area (Å²) >= 11 is 1.88. The van der Waals surface area contributed by atoms with E-state index in [0.717, 1.165) is 32.1 Å². The Kier molecular flexibility index (Phi) is 3.92. The molecule has 0 spiro atoms. The van der Waals surface area contributed by atoms with Crippen molar-refractivity contribution < 1.29 is 4.79 Å². The molecule has 0 aromatic carbocycles. The molecule has 1 N–H and O–H groups in total. The molecule has 5 rings (SSSR count). The smallest absolute Gasteiger partial charge is 0.272 e. The van der Waals surface area contributed by atoms with Gasteiger partial charge in [0.2, 0.25) is 0 Å². The third kappa shape index (κ3) is 2.98. The molecule has 26 heavy (non-hydrogen) atoms. The Labute approximate surface area is 155 Å². The van der Waals surface area contributed by atoms with Crippen molar-refractivity contribution in [3.05, 3.63) is 43.5 Å². The van der Waals surface area contributed by atoms with Crippen molar-refractivity contribution in [1.29, 1.82) is 0 Å². The quantitative estimate of drug-likeness (QED) is 0.901. The van der Waals surface area contributed by atoms with Gasteiger partial charge in [0.1, 0.15) is 11.5 Å². The van der Waals surface area contributed by atoms with Crippen LogP contribution in [0.5, 0.6) is 0 Å². The molecule has 2 aromatic rings. The molecule has 136 valence electrons. The van der Waals surface area contributed by atoms with Gasteiger partial charge in [0.05, 0.1) is 10.7 Å². The fourth-order valence-corrected chi connectivity index (χ4v) is 5.34. The number of nitrogens with one attached hydrogen (secondary N) is 1. The lowest BCUT2D eigenvalue weighted by Gasteiger charge is -2.31. The molecule has 3 aliphatic rings. The molecular formula is C19H22N4O2S. The molecule has 1 saturated carbocycles. The van der Waals surface area contributed by atoms with Crippen molar-refractivity contribution in [2.45, 2.75) is 56.8 Å². The van der Waals surface area contributed by atoms with Crippen LogP contribution in [0.25, 0.3) is 0 Å². The summed E-state index contributed by atoms with van der Waals surface area (Å²) in [4.78, 5) is 40.0. The minimum Gasteiger partial charge on any atom is -0.337 e. The molecule has 0 bridgehead atoms. The number of amides is 1. The number of thiazole rings is 1. The van der Waals surface area contributed by atoms with E-state index in [2.05, 4.69) is 9.97 Å². The van der Waals surface area contributed by atoms with Gasteiger partial charge in [-0.05, 0) is 44.9 Å². The average Bonchev–Trinajstić information content (AvgIpc) is 3.28. The predicted molar refractivity (Wildman–Crippen MR) is 98.9 cm³/mol. The molecular weight excluding hydrogens is 348 g/mol. The van der Waals surface area contributed by atoms with Crippen LogP contribution < -0.4 is 5.56 Å². The third-order valence-electron chi connectivity index (χ3n) is 5.69. The lowest BCUT2D eigenvalue weighted by Crippen LogP contribution is -2.39. The molecule has 1 aliphatic heterocycles. The Balaban J connectivity index is 1.27. The number of fused-ring (bicyclic) bond motifs is 1. The number of aromatic nitrogens is 3. The predicted octanol–water partition coefficient (Wildman–Crippen LogP) is 2.61. The summed E-state index contributed by atoms with van der Waals surface area (Å²) in [6.45, 7) is 1.42. The van der Waals surface area contributed by atoms with Crippen LogP contribution in [0.15, 0.2) is 10.9 Å². The van der Waals surface area contributed by atoms with Gasteiger partial charge in [-0.25, -0.2) is 9.97 Å². The second-order valence-electron chi connectivity index (χ2n) is 7.63. The number of aromatic amines is 1. The lowest BCUT2D eigenvalue weighted by molar-refractivity contribution is 0.0706. The zero-order valence-electron chi connectivity index (χ0n) is 14.7. The van der Waals surface area contributed by atoms with E-state index in [1.54, 1.807) is 0 Å². The molecule has 0 atom stereocenters. The van der Waals surface area contributed by atoms with Gasteiger partial charge in [0.15, 0.2) is 0 Å². The number of H-pyrrole nitrogens is 1. The first-order valence-corrected chi connectivity index (χ1v) is 10.4. The Morgan fingerprint density at radius 2 is 1.92 bits per heavy atom. The number of aryl methyl sites for hydroxylation is 2. The monoisotopic (exact) mass is 370 g/mol. The largest absolute Gasteiger partial charge is 0.337 e. The van der Waals surface area contributed by atoms with Crippen LogP contribution in [0.4, 0.5) is 0 Å². The minimum absolute atomic E-state index is 0.113. The summed E-state index contributed by atoms with van der Waals surface area (Å²) in [6, 6.07) is 1.34. The van der Waals surface area contributed by atoms with Crippen molar-refractivity contribution in [2.75, 3.05) is 13.1 Å². The zero-order chi connectivity index (χ0) is 17.7. The minimum atomic E-state index is -0.225. The van der Waals surface area contributed by atoms with Gasteiger partial charge in [-0.15, -0.1) is 11.3 Å². The first-order valence-electron chi connectivity index (χ1n) is 9.56. The molecule has 1 saturated heterocycles. The molecule has 6 nitrogen and oxygen atoms in total. The lowest BCUT2D eigenvalue weighted by atomic mass is 9.97. The van der Waals surface area contributed by atoms with Crippen LogP contribution in [0, 0.1) is 0 Å². The van der Waals surface area contributed by atoms with E-state index in [4.69, 9.17) is 4.98 Å². The van der Waals surface area contributed by atoms with Crippen molar-refractivity contribution in [2.24, 2.45) is 0 Å². The summed E-state index contributed by atoms with van der Waals surface area (Å²) in [5, 5.41) is 1.26. The number of likely N-dealkylation sites (tertiary alicyclic amines) is 1. The van der Waals surface area contributed by atoms with Crippen molar-refractivity contribution >= 4 is 17.2 Å². The number of hydrogen-bond donors (Lipinski definition) is 1. The van der Waals surface area contributed by atoms with Crippen LogP contribution in [-0.2, 0) is 12.8 Å². The first-order chi connectivity index (χ1) is 12.7. The summed E-state index contributed by atoms with van der Waals surface area (Å²) in [5.74, 6) is 1.35. The van der Waals surface area contributed by atoms with E-state index in [0.29, 0.717) is 36.4 Å². The van der Waals surface area contributed by atoms with Gasteiger partial charge in [-0.2, -0.15) is 0 Å². The van der Waals surface area contributed by atoms with Crippen LogP contribution in [-0.4, -0.2) is 38.8 Å². The van der Waals surface area contributed by atoms with Gasteiger partial charge in [-0.1, -0.05) is 0 Å². The molecule has 0 radical (unpaired) electrons. The number of carbonyl (C=O) groups excluding carboxylic acids is 1. The number of nitrogens with zero attached hydrogens (tertiary/aromatic N) is 3. The highest BCUT2D eigenvalue weighted by molar-refractivity contribution is 7.11. The molecule has 2 aliphatic carbocycles. The summed E-state index contributed by atoms with van der Waals surface area (Å²) in [5.41, 5.74) is 1.38. The van der Waals surface area contributed by atoms with Crippen molar-refractivity contribution in [3.8, 4) is 0 Å². The molecule has 2 aromatic heterocycles. The second-order valence-corrected chi connectivity index (χ2v) is 8.75. The highest BCUT2D eigenvalue weighted by Gasteiger charge is 2.30. The van der Waals surface area contributed by atoms with E-state index < -0.39 is 0 Å². The Hall–Kier alpha value is -2.02. The van der Waals surface area contributed by atoms with Gasteiger partial charge < -0.3 is 9.88 Å². The van der Waals surface area contributed by atoms with E-state index in [1.807, 2.05) is 16.2 Å². The van der Waals surface area contributed by atoms with Crippen LogP contribution in [0.2, 0.25) is 0 Å². The van der Waals surface area contributed by atoms with E-state index in [1.165, 1.54) is 34.5 Å². The van der Waals surface area contributed by atoms with Crippen LogP contribution in [0.3, 0.4) is 0 Å². The van der Waals surface area contributed by atoms with Crippen LogP contribution >= 0.6 is 11.3 Å².